The second-order valence-electron chi connectivity index (χ2n) is 7.77. The molecule has 2 aromatic heterocycles. The predicted molar refractivity (Wildman–Crippen MR) is 120 cm³/mol. The van der Waals surface area contributed by atoms with Gasteiger partial charge in [-0.05, 0) is 61.4 Å². The van der Waals surface area contributed by atoms with Crippen LogP contribution in [0, 0.1) is 0 Å². The average Bonchev–Trinajstić information content (AvgIpc) is 3.50. The molecule has 1 aliphatic heterocycles. The number of imidazole rings is 1. The minimum Gasteiger partial charge on any atom is -0.459 e. The third-order valence-corrected chi connectivity index (χ3v) is 7.66. The van der Waals surface area contributed by atoms with Crippen molar-refractivity contribution in [2.75, 3.05) is 18.4 Å². The minimum atomic E-state index is -3.61. The van der Waals surface area contributed by atoms with Crippen LogP contribution in [0.15, 0.2) is 76.2 Å². The van der Waals surface area contributed by atoms with Crippen LogP contribution in [0.1, 0.15) is 35.1 Å². The number of furan rings is 1. The zero-order chi connectivity index (χ0) is 22.1. The van der Waals surface area contributed by atoms with Crippen LogP contribution < -0.4 is 5.32 Å². The van der Waals surface area contributed by atoms with Crippen LogP contribution in [-0.4, -0.2) is 41.7 Å². The number of carbonyl (C=O) groups is 1. The first kappa shape index (κ1) is 20.5. The third-order valence-electron chi connectivity index (χ3n) is 5.74. The zero-order valence-electron chi connectivity index (χ0n) is 17.2. The third kappa shape index (κ3) is 3.92. The normalized spacial score (nSPS) is 15.8. The zero-order valence-corrected chi connectivity index (χ0v) is 18.0. The van der Waals surface area contributed by atoms with Crippen LogP contribution in [-0.2, 0) is 10.0 Å². The Morgan fingerprint density at radius 3 is 2.47 bits per heavy atom. The van der Waals surface area contributed by atoms with Crippen molar-refractivity contribution in [2.45, 2.75) is 23.7 Å². The summed E-state index contributed by atoms with van der Waals surface area (Å²) in [5.74, 6) is 0.917. The molecule has 0 saturated carbocycles. The van der Waals surface area contributed by atoms with Gasteiger partial charge in [-0.25, -0.2) is 13.4 Å². The van der Waals surface area contributed by atoms with E-state index in [4.69, 9.17) is 4.42 Å². The molecule has 164 valence electrons. The smallest absolute Gasteiger partial charge is 0.291 e. The molecule has 1 fully saturated rings. The molecule has 1 amide bonds. The fourth-order valence-corrected chi connectivity index (χ4v) is 5.46. The van der Waals surface area contributed by atoms with Crippen LogP contribution in [0.2, 0.25) is 0 Å². The average molecular weight is 451 g/mol. The topological polar surface area (TPSA) is 108 Å². The number of sulfonamides is 1. The lowest BCUT2D eigenvalue weighted by atomic mass is 9.97. The Labute approximate surface area is 185 Å². The number of amides is 1. The van der Waals surface area contributed by atoms with E-state index in [9.17, 15) is 13.2 Å². The number of anilines is 1. The van der Waals surface area contributed by atoms with Crippen molar-refractivity contribution in [3.8, 4) is 0 Å². The molecule has 0 aliphatic carbocycles. The maximum Gasteiger partial charge on any atom is 0.291 e. The molecule has 0 radical (unpaired) electrons. The van der Waals surface area contributed by atoms with Crippen molar-refractivity contribution in [1.29, 1.82) is 0 Å². The number of H-pyrrole nitrogens is 1. The number of aromatic nitrogens is 2. The summed E-state index contributed by atoms with van der Waals surface area (Å²) in [7, 11) is -3.61. The van der Waals surface area contributed by atoms with Crippen LogP contribution in [0.5, 0.6) is 0 Å². The van der Waals surface area contributed by atoms with Gasteiger partial charge in [0, 0.05) is 24.7 Å². The molecule has 8 nitrogen and oxygen atoms in total. The fourth-order valence-electron chi connectivity index (χ4n) is 4.00. The van der Waals surface area contributed by atoms with Gasteiger partial charge in [-0.2, -0.15) is 4.31 Å². The number of nitrogens with one attached hydrogen (secondary N) is 2. The molecule has 5 rings (SSSR count). The van der Waals surface area contributed by atoms with Gasteiger partial charge in [-0.3, -0.25) is 4.79 Å². The molecule has 1 aliphatic rings. The van der Waals surface area contributed by atoms with E-state index in [0.29, 0.717) is 31.6 Å². The molecule has 0 atom stereocenters. The molecule has 0 spiro atoms. The van der Waals surface area contributed by atoms with Crippen molar-refractivity contribution in [3.63, 3.8) is 0 Å². The van der Waals surface area contributed by atoms with Crippen molar-refractivity contribution in [1.82, 2.24) is 14.3 Å². The van der Waals surface area contributed by atoms with Crippen LogP contribution in [0.25, 0.3) is 11.0 Å². The summed E-state index contributed by atoms with van der Waals surface area (Å²) in [6.07, 6.45) is 2.83. The second kappa shape index (κ2) is 8.25. The van der Waals surface area contributed by atoms with E-state index in [1.54, 1.807) is 24.3 Å². The van der Waals surface area contributed by atoms with Crippen LogP contribution >= 0.6 is 0 Å². The van der Waals surface area contributed by atoms with Crippen molar-refractivity contribution < 1.29 is 17.6 Å². The van der Waals surface area contributed by atoms with Gasteiger partial charge in [-0.15, -0.1) is 0 Å². The van der Waals surface area contributed by atoms with Gasteiger partial charge in [0.1, 0.15) is 5.82 Å². The molecule has 2 N–H and O–H groups in total. The van der Waals surface area contributed by atoms with Gasteiger partial charge in [0.2, 0.25) is 10.0 Å². The quantitative estimate of drug-likeness (QED) is 0.478. The molecule has 1 saturated heterocycles. The number of carbonyl (C=O) groups excluding carboxylic acids is 1. The van der Waals surface area contributed by atoms with E-state index in [-0.39, 0.29) is 16.6 Å². The summed E-state index contributed by atoms with van der Waals surface area (Å²) < 4.78 is 32.8. The highest BCUT2D eigenvalue weighted by Gasteiger charge is 2.31. The Kier molecular flexibility index (Phi) is 5.28. The Bertz CT molecular complexity index is 1300. The summed E-state index contributed by atoms with van der Waals surface area (Å²) in [5.41, 5.74) is 2.42. The standard InChI is InChI=1S/C23H22N4O4S/c28-23(21-6-3-15-31-21)24-17-7-9-18(10-8-17)32(29,30)27-13-11-16(12-14-27)22-25-19-4-1-2-5-20(19)26-22/h1-10,15-16H,11-14H2,(H,24,28)(H,25,26). The number of piperidine rings is 1. The number of benzene rings is 2. The number of para-hydroxylation sites is 2. The molecule has 4 aromatic rings. The number of hydrogen-bond donors (Lipinski definition) is 2. The highest BCUT2D eigenvalue weighted by molar-refractivity contribution is 7.89. The molecule has 0 bridgehead atoms. The highest BCUT2D eigenvalue weighted by atomic mass is 32.2. The van der Waals surface area contributed by atoms with Gasteiger partial charge in [0.25, 0.3) is 5.91 Å². The summed E-state index contributed by atoms with van der Waals surface area (Å²) in [6.45, 7) is 0.863. The number of hydrogen-bond acceptors (Lipinski definition) is 5. The van der Waals surface area contributed by atoms with E-state index < -0.39 is 15.9 Å². The molecule has 9 heteroatoms. The molecular formula is C23H22N4O4S. The van der Waals surface area contributed by atoms with Gasteiger partial charge in [0.15, 0.2) is 5.76 Å². The maximum absolute atomic E-state index is 13.1. The first-order valence-electron chi connectivity index (χ1n) is 10.4. The number of aromatic amines is 1. The Morgan fingerprint density at radius 1 is 1.03 bits per heavy atom. The fraction of sp³-hybridized carbons (Fsp3) is 0.217. The largest absolute Gasteiger partial charge is 0.459 e. The first-order chi connectivity index (χ1) is 15.5. The lowest BCUT2D eigenvalue weighted by molar-refractivity contribution is 0.0996. The van der Waals surface area contributed by atoms with Crippen molar-refractivity contribution in [2.24, 2.45) is 0 Å². The van der Waals surface area contributed by atoms with Crippen molar-refractivity contribution in [3.05, 3.63) is 78.5 Å². The molecule has 0 unspecified atom stereocenters. The van der Waals surface area contributed by atoms with Crippen molar-refractivity contribution >= 4 is 32.7 Å². The molecule has 3 heterocycles. The predicted octanol–water partition coefficient (Wildman–Crippen LogP) is 3.98. The summed E-state index contributed by atoms with van der Waals surface area (Å²) in [4.78, 5) is 20.3. The van der Waals surface area contributed by atoms with E-state index in [1.165, 1.54) is 22.7 Å². The Morgan fingerprint density at radius 2 is 1.78 bits per heavy atom. The van der Waals surface area contributed by atoms with Gasteiger partial charge >= 0.3 is 0 Å². The number of nitrogens with zero attached hydrogens (tertiary/aromatic N) is 2. The highest BCUT2D eigenvalue weighted by Crippen LogP contribution is 2.30. The lowest BCUT2D eigenvalue weighted by Crippen LogP contribution is -2.38. The molecule has 32 heavy (non-hydrogen) atoms. The monoisotopic (exact) mass is 450 g/mol. The number of rotatable bonds is 5. The maximum atomic E-state index is 13.1. The van der Waals surface area contributed by atoms with Gasteiger partial charge in [-0.1, -0.05) is 12.1 Å². The second-order valence-corrected chi connectivity index (χ2v) is 9.71. The van der Waals surface area contributed by atoms with E-state index in [0.717, 1.165) is 16.9 Å². The number of fused-ring (bicyclic) bond motifs is 1. The lowest BCUT2D eigenvalue weighted by Gasteiger charge is -2.30. The van der Waals surface area contributed by atoms with Crippen LogP contribution in [0.4, 0.5) is 5.69 Å². The summed E-state index contributed by atoms with van der Waals surface area (Å²) >= 11 is 0. The van der Waals surface area contributed by atoms with Gasteiger partial charge < -0.3 is 14.7 Å². The molecule has 2 aromatic carbocycles. The van der Waals surface area contributed by atoms with Crippen LogP contribution in [0.3, 0.4) is 0 Å². The van der Waals surface area contributed by atoms with Gasteiger partial charge in [0.05, 0.1) is 22.2 Å². The minimum absolute atomic E-state index is 0.189. The molecular weight excluding hydrogens is 428 g/mol. The van der Waals surface area contributed by atoms with E-state index in [1.807, 2.05) is 24.3 Å². The Balaban J connectivity index is 1.24. The SMILES string of the molecule is O=C(Nc1ccc(S(=O)(=O)N2CCC(c3nc4ccccc4[nH]3)CC2)cc1)c1ccco1. The van der Waals surface area contributed by atoms with E-state index >= 15 is 0 Å². The van der Waals surface area contributed by atoms with E-state index in [2.05, 4.69) is 15.3 Å². The Hall–Kier alpha value is -3.43. The first-order valence-corrected chi connectivity index (χ1v) is 11.8. The summed E-state index contributed by atoms with van der Waals surface area (Å²) in [6, 6.07) is 17.2. The summed E-state index contributed by atoms with van der Waals surface area (Å²) in [5, 5.41) is 2.69.